The number of nitrogens with two attached hydrogens (primary N) is 1. The predicted octanol–water partition coefficient (Wildman–Crippen LogP) is 0.227. The van der Waals surface area contributed by atoms with E-state index in [2.05, 4.69) is 5.32 Å². The van der Waals surface area contributed by atoms with Gasteiger partial charge in [-0.1, -0.05) is 20.3 Å². The summed E-state index contributed by atoms with van der Waals surface area (Å²) in [6.07, 6.45) is 1.26. The smallest absolute Gasteiger partial charge is 0.332 e. The summed E-state index contributed by atoms with van der Waals surface area (Å²) in [4.78, 5) is 34.7. The molecule has 1 aromatic rings. The number of hydrogen-bond donors (Lipinski definition) is 2. The molecular formula is C12H20N4O3. The molecule has 3 N–H and O–H groups in total. The van der Waals surface area contributed by atoms with Gasteiger partial charge in [-0.3, -0.25) is 18.7 Å². The Bertz CT molecular complexity index is 574. The molecule has 19 heavy (non-hydrogen) atoms. The van der Waals surface area contributed by atoms with Crippen molar-refractivity contribution in [2.24, 2.45) is 5.92 Å². The van der Waals surface area contributed by atoms with Crippen LogP contribution in [0.1, 0.15) is 27.2 Å². The quantitative estimate of drug-likeness (QED) is 0.721. The Morgan fingerprint density at radius 2 is 1.95 bits per heavy atom. The highest BCUT2D eigenvalue weighted by Gasteiger charge is 2.17. The lowest BCUT2D eigenvalue weighted by atomic mass is 10.1. The van der Waals surface area contributed by atoms with Gasteiger partial charge in [0, 0.05) is 13.1 Å². The van der Waals surface area contributed by atoms with E-state index in [1.807, 2.05) is 13.8 Å². The molecule has 0 saturated heterocycles. The van der Waals surface area contributed by atoms with Gasteiger partial charge in [-0.05, 0) is 12.8 Å². The van der Waals surface area contributed by atoms with Crippen molar-refractivity contribution in [1.82, 2.24) is 9.13 Å². The second-order valence-electron chi connectivity index (χ2n) is 4.48. The lowest BCUT2D eigenvalue weighted by Crippen LogP contribution is -2.42. The SMILES string of the molecule is CCC(C)Cn1c(N)c(NC=O)c(=O)n(CC)c1=O. The second-order valence-corrected chi connectivity index (χ2v) is 4.48. The molecule has 0 aliphatic rings. The third kappa shape index (κ3) is 2.86. The molecule has 1 unspecified atom stereocenters. The summed E-state index contributed by atoms with van der Waals surface area (Å²) in [6, 6.07) is 0. The maximum atomic E-state index is 12.2. The van der Waals surface area contributed by atoms with Gasteiger partial charge in [-0.15, -0.1) is 0 Å². The van der Waals surface area contributed by atoms with Crippen LogP contribution in [0.15, 0.2) is 9.59 Å². The third-order valence-electron chi connectivity index (χ3n) is 3.18. The van der Waals surface area contributed by atoms with Crippen molar-refractivity contribution < 1.29 is 4.79 Å². The normalized spacial score (nSPS) is 12.2. The van der Waals surface area contributed by atoms with E-state index in [9.17, 15) is 14.4 Å². The molecule has 0 bridgehead atoms. The molecule has 1 rings (SSSR count). The Balaban J connectivity index is 3.53. The lowest BCUT2D eigenvalue weighted by molar-refractivity contribution is -0.105. The van der Waals surface area contributed by atoms with Crippen LogP contribution >= 0.6 is 0 Å². The fourth-order valence-electron chi connectivity index (χ4n) is 1.81. The van der Waals surface area contributed by atoms with Crippen molar-refractivity contribution >= 4 is 17.9 Å². The average Bonchev–Trinajstić information content (AvgIpc) is 2.40. The van der Waals surface area contributed by atoms with E-state index in [-0.39, 0.29) is 24.0 Å². The number of carbonyl (C=O) groups is 1. The zero-order valence-electron chi connectivity index (χ0n) is 11.5. The summed E-state index contributed by atoms with van der Waals surface area (Å²) in [5, 5.41) is 2.28. The second kappa shape index (κ2) is 6.21. The fraction of sp³-hybridized carbons (Fsp3) is 0.583. The molecule has 0 aliphatic heterocycles. The first-order valence-electron chi connectivity index (χ1n) is 6.31. The summed E-state index contributed by atoms with van der Waals surface area (Å²) in [5.41, 5.74) is 4.77. The highest BCUT2D eigenvalue weighted by molar-refractivity contribution is 5.77. The van der Waals surface area contributed by atoms with Gasteiger partial charge in [0.05, 0.1) is 0 Å². The summed E-state index contributed by atoms with van der Waals surface area (Å²) in [5.74, 6) is 0.249. The molecule has 7 heteroatoms. The van der Waals surface area contributed by atoms with Crippen molar-refractivity contribution in [1.29, 1.82) is 0 Å². The monoisotopic (exact) mass is 268 g/mol. The Morgan fingerprint density at radius 1 is 1.32 bits per heavy atom. The molecule has 1 atom stereocenters. The number of nitrogens with zero attached hydrogens (tertiary/aromatic N) is 2. The van der Waals surface area contributed by atoms with Gasteiger partial charge in [0.25, 0.3) is 5.56 Å². The molecule has 7 nitrogen and oxygen atoms in total. The predicted molar refractivity (Wildman–Crippen MR) is 74.2 cm³/mol. The molecule has 106 valence electrons. The minimum atomic E-state index is -0.572. The van der Waals surface area contributed by atoms with Crippen molar-refractivity contribution in [3.63, 3.8) is 0 Å². The number of carbonyl (C=O) groups excluding carboxylic acids is 1. The maximum absolute atomic E-state index is 12.2. The van der Waals surface area contributed by atoms with Crippen LogP contribution in [-0.2, 0) is 17.9 Å². The number of hydrogen-bond acceptors (Lipinski definition) is 4. The van der Waals surface area contributed by atoms with E-state index >= 15 is 0 Å². The number of nitrogens with one attached hydrogen (secondary N) is 1. The van der Waals surface area contributed by atoms with E-state index in [1.54, 1.807) is 6.92 Å². The molecule has 1 amide bonds. The Morgan fingerprint density at radius 3 is 2.42 bits per heavy atom. The van der Waals surface area contributed by atoms with Gasteiger partial charge in [0.2, 0.25) is 6.41 Å². The molecule has 0 spiro atoms. The van der Waals surface area contributed by atoms with Gasteiger partial charge in [0.15, 0.2) is 0 Å². The molecule has 0 aliphatic carbocycles. The van der Waals surface area contributed by atoms with E-state index in [0.29, 0.717) is 13.0 Å². The van der Waals surface area contributed by atoms with Gasteiger partial charge in [0.1, 0.15) is 11.5 Å². The van der Waals surface area contributed by atoms with Crippen LogP contribution in [0.5, 0.6) is 0 Å². The average molecular weight is 268 g/mol. The summed E-state index contributed by atoms with van der Waals surface area (Å²) < 4.78 is 2.40. The number of amides is 1. The van der Waals surface area contributed by atoms with Crippen LogP contribution in [0.2, 0.25) is 0 Å². The Labute approximate surface area is 111 Å². The molecule has 0 fully saturated rings. The van der Waals surface area contributed by atoms with E-state index in [4.69, 9.17) is 5.73 Å². The zero-order chi connectivity index (χ0) is 14.6. The number of aromatic nitrogens is 2. The molecule has 1 aromatic heterocycles. The molecule has 0 aromatic carbocycles. The van der Waals surface area contributed by atoms with E-state index in [1.165, 1.54) is 4.57 Å². The van der Waals surface area contributed by atoms with E-state index < -0.39 is 11.2 Å². The topological polar surface area (TPSA) is 99.1 Å². The third-order valence-corrected chi connectivity index (χ3v) is 3.18. The highest BCUT2D eigenvalue weighted by atomic mass is 16.2. The standard InChI is InChI=1S/C12H20N4O3/c1-4-8(3)6-16-10(13)9(14-7-17)11(18)15(5-2)12(16)19/h7-8H,4-6,13H2,1-3H3,(H,14,17). The number of nitrogen functional groups attached to an aromatic ring is 1. The largest absolute Gasteiger partial charge is 0.383 e. The van der Waals surface area contributed by atoms with Crippen LogP contribution in [0, 0.1) is 5.92 Å². The maximum Gasteiger partial charge on any atom is 0.332 e. The first kappa shape index (κ1) is 15.0. The number of anilines is 2. The van der Waals surface area contributed by atoms with Gasteiger partial charge in [-0.25, -0.2) is 4.79 Å². The van der Waals surface area contributed by atoms with E-state index in [0.717, 1.165) is 11.0 Å². The summed E-state index contributed by atoms with van der Waals surface area (Å²) >= 11 is 0. The van der Waals surface area contributed by atoms with Crippen LogP contribution in [0.4, 0.5) is 11.5 Å². The zero-order valence-corrected chi connectivity index (χ0v) is 11.5. The molecule has 1 heterocycles. The highest BCUT2D eigenvalue weighted by Crippen LogP contribution is 2.13. The minimum Gasteiger partial charge on any atom is -0.383 e. The van der Waals surface area contributed by atoms with Crippen LogP contribution in [-0.4, -0.2) is 15.5 Å². The Hall–Kier alpha value is -2.05. The Kier molecular flexibility index (Phi) is 4.91. The fourth-order valence-corrected chi connectivity index (χ4v) is 1.81. The van der Waals surface area contributed by atoms with Crippen molar-refractivity contribution in [3.05, 3.63) is 20.8 Å². The first-order chi connectivity index (χ1) is 8.97. The van der Waals surface area contributed by atoms with Gasteiger partial charge >= 0.3 is 5.69 Å². The van der Waals surface area contributed by atoms with Gasteiger partial charge < -0.3 is 11.1 Å². The van der Waals surface area contributed by atoms with Crippen LogP contribution in [0.25, 0.3) is 0 Å². The lowest BCUT2D eigenvalue weighted by Gasteiger charge is -2.17. The van der Waals surface area contributed by atoms with Crippen LogP contribution in [0.3, 0.4) is 0 Å². The number of rotatable bonds is 6. The molecule has 0 radical (unpaired) electrons. The van der Waals surface area contributed by atoms with Crippen molar-refractivity contribution in [2.75, 3.05) is 11.1 Å². The summed E-state index contributed by atoms with van der Waals surface area (Å²) in [7, 11) is 0. The molecule has 0 saturated carbocycles. The first-order valence-corrected chi connectivity index (χ1v) is 6.31. The molecular weight excluding hydrogens is 248 g/mol. The van der Waals surface area contributed by atoms with Crippen molar-refractivity contribution in [3.8, 4) is 0 Å². The van der Waals surface area contributed by atoms with Crippen LogP contribution < -0.4 is 22.3 Å². The van der Waals surface area contributed by atoms with Crippen molar-refractivity contribution in [2.45, 2.75) is 40.3 Å². The van der Waals surface area contributed by atoms with Gasteiger partial charge in [-0.2, -0.15) is 0 Å². The summed E-state index contributed by atoms with van der Waals surface area (Å²) in [6.45, 7) is 6.32. The minimum absolute atomic E-state index is 0.00657.